The highest BCUT2D eigenvalue weighted by Gasteiger charge is 2.10. The molecule has 1 amide bonds. The first-order chi connectivity index (χ1) is 9.51. The van der Waals surface area contributed by atoms with Gasteiger partial charge >= 0.3 is 0 Å². The Morgan fingerprint density at radius 2 is 2.30 bits per heavy atom. The second-order valence-electron chi connectivity index (χ2n) is 4.55. The number of nitrogens with two attached hydrogens (primary N) is 1. The summed E-state index contributed by atoms with van der Waals surface area (Å²) in [7, 11) is 0. The van der Waals surface area contributed by atoms with Crippen LogP contribution in [-0.4, -0.2) is 15.7 Å². The van der Waals surface area contributed by atoms with Crippen molar-refractivity contribution in [2.24, 2.45) is 5.73 Å². The van der Waals surface area contributed by atoms with E-state index in [1.54, 1.807) is 18.2 Å². The number of carbonyl (C=O) groups excluding carboxylic acids is 1. The molecule has 2 rings (SSSR count). The number of benzene rings is 1. The fraction of sp³-hybridized carbons (Fsp3) is 0.286. The molecule has 0 saturated carbocycles. The number of aryl methyl sites for hydroxylation is 1. The molecule has 1 heterocycles. The van der Waals surface area contributed by atoms with Crippen LogP contribution in [-0.2, 0) is 6.54 Å². The Hall–Kier alpha value is -2.01. The van der Waals surface area contributed by atoms with Gasteiger partial charge in [0.2, 0.25) is 5.91 Å². The van der Waals surface area contributed by atoms with E-state index in [1.807, 2.05) is 30.9 Å². The van der Waals surface area contributed by atoms with E-state index in [0.717, 1.165) is 17.8 Å². The largest absolute Gasteiger partial charge is 0.378 e. The number of anilines is 1. The van der Waals surface area contributed by atoms with Gasteiger partial charge in [0.15, 0.2) is 0 Å². The first kappa shape index (κ1) is 14.4. The molecule has 1 aromatic carbocycles. The summed E-state index contributed by atoms with van der Waals surface area (Å²) in [5.41, 5.74) is 7.46. The number of primary amides is 1. The van der Waals surface area contributed by atoms with Crippen molar-refractivity contribution in [1.82, 2.24) is 9.78 Å². The fourth-order valence-corrected chi connectivity index (χ4v) is 2.19. The van der Waals surface area contributed by atoms with Gasteiger partial charge in [0, 0.05) is 24.0 Å². The van der Waals surface area contributed by atoms with Gasteiger partial charge in [-0.05, 0) is 32.0 Å². The van der Waals surface area contributed by atoms with Crippen LogP contribution >= 0.6 is 11.6 Å². The zero-order valence-electron chi connectivity index (χ0n) is 11.4. The van der Waals surface area contributed by atoms with Crippen LogP contribution in [0.2, 0.25) is 5.02 Å². The van der Waals surface area contributed by atoms with Crippen molar-refractivity contribution in [1.29, 1.82) is 0 Å². The van der Waals surface area contributed by atoms with Crippen LogP contribution in [0.3, 0.4) is 0 Å². The van der Waals surface area contributed by atoms with Gasteiger partial charge in [0.05, 0.1) is 22.8 Å². The molecule has 0 fully saturated rings. The van der Waals surface area contributed by atoms with Crippen molar-refractivity contribution in [3.05, 3.63) is 46.7 Å². The molecule has 1 unspecified atom stereocenters. The highest BCUT2D eigenvalue weighted by Crippen LogP contribution is 2.24. The molecule has 3 N–H and O–H groups in total. The Labute approximate surface area is 122 Å². The lowest BCUT2D eigenvalue weighted by Gasteiger charge is -2.14. The van der Waals surface area contributed by atoms with Gasteiger partial charge < -0.3 is 11.1 Å². The van der Waals surface area contributed by atoms with Crippen LogP contribution in [0.25, 0.3) is 0 Å². The van der Waals surface area contributed by atoms with E-state index in [0.29, 0.717) is 10.6 Å². The number of aromatic nitrogens is 2. The molecule has 0 bridgehead atoms. The number of nitrogens with one attached hydrogen (secondary N) is 1. The summed E-state index contributed by atoms with van der Waals surface area (Å²) in [6, 6.07) is 5.19. The van der Waals surface area contributed by atoms with Crippen LogP contribution in [0.1, 0.15) is 35.8 Å². The van der Waals surface area contributed by atoms with Gasteiger partial charge in [-0.2, -0.15) is 5.10 Å². The standard InChI is InChI=1S/C14H17ClN4O/c1-3-19-8-10(7-17-19)9(2)18-11-4-5-12(14(16)20)13(15)6-11/h4-9,18H,3H2,1-2H3,(H2,16,20). The van der Waals surface area contributed by atoms with Crippen molar-refractivity contribution < 1.29 is 4.79 Å². The molecular weight excluding hydrogens is 276 g/mol. The monoisotopic (exact) mass is 292 g/mol. The lowest BCUT2D eigenvalue weighted by molar-refractivity contribution is 0.100. The molecule has 20 heavy (non-hydrogen) atoms. The summed E-state index contributed by atoms with van der Waals surface area (Å²) >= 11 is 6.02. The first-order valence-electron chi connectivity index (χ1n) is 6.39. The minimum atomic E-state index is -0.529. The Kier molecular flexibility index (Phi) is 4.29. The Morgan fingerprint density at radius 3 is 2.85 bits per heavy atom. The van der Waals surface area contributed by atoms with Gasteiger partial charge in [-0.25, -0.2) is 0 Å². The summed E-state index contributed by atoms with van der Waals surface area (Å²) in [5.74, 6) is -0.529. The molecule has 0 aliphatic carbocycles. The zero-order valence-corrected chi connectivity index (χ0v) is 12.2. The average Bonchev–Trinajstić information content (AvgIpc) is 2.87. The Bertz CT molecular complexity index is 623. The number of amides is 1. The van der Waals surface area contributed by atoms with Gasteiger partial charge in [0.1, 0.15) is 0 Å². The normalized spacial score (nSPS) is 12.2. The van der Waals surface area contributed by atoms with Crippen molar-refractivity contribution >= 4 is 23.2 Å². The highest BCUT2D eigenvalue weighted by atomic mass is 35.5. The Balaban J connectivity index is 2.13. The number of rotatable bonds is 5. The molecular formula is C14H17ClN4O. The summed E-state index contributed by atoms with van der Waals surface area (Å²) < 4.78 is 1.87. The van der Waals surface area contributed by atoms with Crippen LogP contribution in [0, 0.1) is 0 Å². The summed E-state index contributed by atoms with van der Waals surface area (Å²) in [6.07, 6.45) is 3.83. The lowest BCUT2D eigenvalue weighted by atomic mass is 10.1. The summed E-state index contributed by atoms with van der Waals surface area (Å²) in [4.78, 5) is 11.1. The SMILES string of the molecule is CCn1cc(C(C)Nc2ccc(C(N)=O)c(Cl)c2)cn1. The third kappa shape index (κ3) is 3.11. The van der Waals surface area contributed by atoms with Crippen molar-refractivity contribution in [2.45, 2.75) is 26.4 Å². The predicted octanol–water partition coefficient (Wildman–Crippen LogP) is 2.83. The van der Waals surface area contributed by atoms with E-state index in [2.05, 4.69) is 10.4 Å². The van der Waals surface area contributed by atoms with Crippen molar-refractivity contribution in [2.75, 3.05) is 5.32 Å². The van der Waals surface area contributed by atoms with E-state index in [4.69, 9.17) is 17.3 Å². The lowest BCUT2D eigenvalue weighted by Crippen LogP contribution is -2.12. The number of carbonyl (C=O) groups is 1. The van der Waals surface area contributed by atoms with Crippen molar-refractivity contribution in [3.8, 4) is 0 Å². The van der Waals surface area contributed by atoms with Gasteiger partial charge in [-0.3, -0.25) is 9.48 Å². The predicted molar refractivity (Wildman–Crippen MR) is 79.9 cm³/mol. The number of halogens is 1. The van der Waals surface area contributed by atoms with E-state index < -0.39 is 5.91 Å². The molecule has 0 aliphatic rings. The number of hydrogen-bond donors (Lipinski definition) is 2. The second-order valence-corrected chi connectivity index (χ2v) is 4.96. The number of nitrogens with zero attached hydrogens (tertiary/aromatic N) is 2. The topological polar surface area (TPSA) is 72.9 Å². The van der Waals surface area contributed by atoms with Gasteiger partial charge in [0.25, 0.3) is 0 Å². The van der Waals surface area contributed by atoms with E-state index >= 15 is 0 Å². The van der Waals surface area contributed by atoms with E-state index in [-0.39, 0.29) is 6.04 Å². The Morgan fingerprint density at radius 1 is 1.55 bits per heavy atom. The van der Waals surface area contributed by atoms with Crippen LogP contribution in [0.4, 0.5) is 5.69 Å². The molecule has 5 nitrogen and oxygen atoms in total. The van der Waals surface area contributed by atoms with E-state index in [9.17, 15) is 4.79 Å². The minimum Gasteiger partial charge on any atom is -0.378 e. The van der Waals surface area contributed by atoms with E-state index in [1.165, 1.54) is 0 Å². The maximum atomic E-state index is 11.1. The third-order valence-corrected chi connectivity index (χ3v) is 3.41. The molecule has 0 aliphatic heterocycles. The second kappa shape index (κ2) is 5.96. The van der Waals surface area contributed by atoms with Crippen LogP contribution in [0.5, 0.6) is 0 Å². The smallest absolute Gasteiger partial charge is 0.250 e. The molecule has 1 aromatic heterocycles. The fourth-order valence-electron chi connectivity index (χ4n) is 1.91. The zero-order chi connectivity index (χ0) is 14.7. The maximum Gasteiger partial charge on any atom is 0.250 e. The molecule has 6 heteroatoms. The maximum absolute atomic E-state index is 11.1. The van der Waals surface area contributed by atoms with Crippen LogP contribution < -0.4 is 11.1 Å². The summed E-state index contributed by atoms with van der Waals surface area (Å²) in [6.45, 7) is 4.91. The molecule has 106 valence electrons. The quantitative estimate of drug-likeness (QED) is 0.890. The van der Waals surface area contributed by atoms with Gasteiger partial charge in [-0.15, -0.1) is 0 Å². The van der Waals surface area contributed by atoms with Crippen molar-refractivity contribution in [3.63, 3.8) is 0 Å². The molecule has 0 saturated heterocycles. The van der Waals surface area contributed by atoms with Crippen LogP contribution in [0.15, 0.2) is 30.6 Å². The first-order valence-corrected chi connectivity index (χ1v) is 6.77. The molecule has 1 atom stereocenters. The highest BCUT2D eigenvalue weighted by molar-refractivity contribution is 6.34. The average molecular weight is 293 g/mol. The minimum absolute atomic E-state index is 0.0887. The van der Waals surface area contributed by atoms with Gasteiger partial charge in [-0.1, -0.05) is 11.6 Å². The number of hydrogen-bond acceptors (Lipinski definition) is 3. The summed E-state index contributed by atoms with van der Waals surface area (Å²) in [5, 5.41) is 7.90. The molecule has 0 radical (unpaired) electrons. The molecule has 2 aromatic rings. The molecule has 0 spiro atoms. The third-order valence-electron chi connectivity index (χ3n) is 3.09.